The van der Waals surface area contributed by atoms with Gasteiger partial charge < -0.3 is 19.5 Å². The molecule has 0 spiro atoms. The van der Waals surface area contributed by atoms with Crippen LogP contribution >= 0.6 is 0 Å². The van der Waals surface area contributed by atoms with Gasteiger partial charge in [-0.05, 0) is 24.3 Å². The second-order valence-electron chi connectivity index (χ2n) is 5.46. The highest BCUT2D eigenvalue weighted by atomic mass is 19.1. The molecule has 1 N–H and O–H groups in total. The molecule has 0 aromatic heterocycles. The minimum Gasteiger partial charge on any atom is -0.490 e. The first-order valence-electron chi connectivity index (χ1n) is 7.84. The van der Waals surface area contributed by atoms with Crippen molar-refractivity contribution in [1.82, 2.24) is 0 Å². The van der Waals surface area contributed by atoms with Gasteiger partial charge >= 0.3 is 5.97 Å². The van der Waals surface area contributed by atoms with E-state index < -0.39 is 35.7 Å². The molecule has 0 radical (unpaired) electrons. The zero-order chi connectivity index (χ0) is 18.5. The molecule has 0 bridgehead atoms. The van der Waals surface area contributed by atoms with Crippen LogP contribution < -0.4 is 14.8 Å². The third-order valence-corrected chi connectivity index (χ3v) is 3.52. The van der Waals surface area contributed by atoms with E-state index in [1.54, 1.807) is 18.2 Å². The van der Waals surface area contributed by atoms with Crippen molar-refractivity contribution in [3.05, 3.63) is 53.6 Å². The number of carbonyl (C=O) groups is 2. The predicted octanol–water partition coefficient (Wildman–Crippen LogP) is 2.92. The fourth-order valence-corrected chi connectivity index (χ4v) is 2.30. The summed E-state index contributed by atoms with van der Waals surface area (Å²) in [5, 5.41) is 2.54. The minimum absolute atomic E-state index is 0.434. The van der Waals surface area contributed by atoms with E-state index in [1.807, 2.05) is 0 Å². The Labute approximate surface area is 147 Å². The number of nitrogens with one attached hydrogen (secondary N) is 1. The first-order valence-corrected chi connectivity index (χ1v) is 7.84. The Hall–Kier alpha value is -3.16. The zero-order valence-corrected chi connectivity index (χ0v) is 13.6. The first kappa shape index (κ1) is 17.7. The van der Waals surface area contributed by atoms with Crippen molar-refractivity contribution in [3.63, 3.8) is 0 Å². The second kappa shape index (κ2) is 7.81. The lowest BCUT2D eigenvalue weighted by molar-refractivity contribution is -0.119. The molecule has 0 aliphatic carbocycles. The lowest BCUT2D eigenvalue weighted by Gasteiger charge is -2.11. The van der Waals surface area contributed by atoms with Crippen molar-refractivity contribution in [2.75, 3.05) is 25.1 Å². The molecule has 1 aliphatic rings. The average molecular weight is 363 g/mol. The molecule has 3 rings (SSSR count). The Balaban J connectivity index is 1.57. The molecule has 2 aromatic rings. The Morgan fingerprint density at radius 3 is 2.58 bits per heavy atom. The number of esters is 1. The summed E-state index contributed by atoms with van der Waals surface area (Å²) in [5.41, 5.74) is -0.0157. The number of halogens is 2. The van der Waals surface area contributed by atoms with Gasteiger partial charge in [-0.1, -0.05) is 0 Å². The van der Waals surface area contributed by atoms with Crippen LogP contribution in [0.2, 0.25) is 0 Å². The van der Waals surface area contributed by atoms with Gasteiger partial charge in [0.15, 0.2) is 18.1 Å². The van der Waals surface area contributed by atoms with E-state index >= 15 is 0 Å². The van der Waals surface area contributed by atoms with Gasteiger partial charge in [-0.2, -0.15) is 0 Å². The number of amides is 1. The summed E-state index contributed by atoms with van der Waals surface area (Å²) in [7, 11) is 0. The van der Waals surface area contributed by atoms with Crippen molar-refractivity contribution in [1.29, 1.82) is 0 Å². The van der Waals surface area contributed by atoms with Gasteiger partial charge in [-0.15, -0.1) is 0 Å². The standard InChI is InChI=1S/C18H15F2NO5/c19-11-2-4-13(14(20)8-11)18(23)26-10-17(22)21-12-3-5-15-16(9-12)25-7-1-6-24-15/h2-5,8-9H,1,6-7,10H2,(H,21,22). The molecule has 1 amide bonds. The van der Waals surface area contributed by atoms with Crippen LogP contribution in [-0.4, -0.2) is 31.7 Å². The maximum absolute atomic E-state index is 13.5. The van der Waals surface area contributed by atoms with E-state index in [2.05, 4.69) is 5.32 Å². The summed E-state index contributed by atoms with van der Waals surface area (Å²) in [5.74, 6) is -2.46. The number of hydrogen-bond donors (Lipinski definition) is 1. The third kappa shape index (κ3) is 4.27. The van der Waals surface area contributed by atoms with Crippen LogP contribution in [0.3, 0.4) is 0 Å². The number of ether oxygens (including phenoxy) is 3. The van der Waals surface area contributed by atoms with E-state index in [0.29, 0.717) is 36.5 Å². The van der Waals surface area contributed by atoms with E-state index in [9.17, 15) is 18.4 Å². The summed E-state index contributed by atoms with van der Waals surface area (Å²) >= 11 is 0. The highest BCUT2D eigenvalue weighted by Gasteiger charge is 2.16. The summed E-state index contributed by atoms with van der Waals surface area (Å²) < 4.78 is 42.1. The SMILES string of the molecule is O=C(COC(=O)c1ccc(F)cc1F)Nc1ccc2c(c1)OCCCO2. The predicted molar refractivity (Wildman–Crippen MR) is 87.3 cm³/mol. The molecule has 0 saturated carbocycles. The van der Waals surface area contributed by atoms with Crippen molar-refractivity contribution in [3.8, 4) is 11.5 Å². The van der Waals surface area contributed by atoms with E-state index in [0.717, 1.165) is 18.6 Å². The third-order valence-electron chi connectivity index (χ3n) is 3.52. The fraction of sp³-hybridized carbons (Fsp3) is 0.222. The van der Waals surface area contributed by atoms with Crippen LogP contribution in [-0.2, 0) is 9.53 Å². The van der Waals surface area contributed by atoms with Crippen LogP contribution in [0.25, 0.3) is 0 Å². The topological polar surface area (TPSA) is 73.9 Å². The molecule has 0 unspecified atom stereocenters. The molecule has 8 heteroatoms. The molecule has 26 heavy (non-hydrogen) atoms. The normalized spacial score (nSPS) is 12.8. The smallest absolute Gasteiger partial charge is 0.341 e. The molecule has 1 heterocycles. The fourth-order valence-electron chi connectivity index (χ4n) is 2.30. The Morgan fingerprint density at radius 1 is 1.04 bits per heavy atom. The molecular formula is C18H15F2NO5. The molecule has 0 fully saturated rings. The van der Waals surface area contributed by atoms with Crippen LogP contribution in [0.1, 0.15) is 16.8 Å². The summed E-state index contributed by atoms with van der Waals surface area (Å²) in [6.45, 7) is 0.434. The van der Waals surface area contributed by atoms with Crippen molar-refractivity contribution >= 4 is 17.6 Å². The largest absolute Gasteiger partial charge is 0.490 e. The summed E-state index contributed by atoms with van der Waals surface area (Å²) in [6, 6.07) is 7.32. The maximum Gasteiger partial charge on any atom is 0.341 e. The highest BCUT2D eigenvalue weighted by molar-refractivity contribution is 5.95. The van der Waals surface area contributed by atoms with E-state index in [-0.39, 0.29) is 0 Å². The Morgan fingerprint density at radius 2 is 1.81 bits per heavy atom. The molecule has 6 nitrogen and oxygen atoms in total. The Kier molecular flexibility index (Phi) is 5.31. The van der Waals surface area contributed by atoms with Crippen LogP contribution in [0.5, 0.6) is 11.5 Å². The van der Waals surface area contributed by atoms with E-state index in [4.69, 9.17) is 14.2 Å². The molecule has 1 aliphatic heterocycles. The van der Waals surface area contributed by atoms with Crippen LogP contribution in [0.15, 0.2) is 36.4 Å². The number of benzene rings is 2. The molecule has 0 saturated heterocycles. The lowest BCUT2D eigenvalue weighted by Crippen LogP contribution is -2.21. The van der Waals surface area contributed by atoms with Gasteiger partial charge in [0.2, 0.25) is 0 Å². The molecular weight excluding hydrogens is 348 g/mol. The minimum atomic E-state index is -1.06. The van der Waals surface area contributed by atoms with Gasteiger partial charge in [0.1, 0.15) is 11.6 Å². The Bertz CT molecular complexity index is 840. The van der Waals surface area contributed by atoms with Crippen molar-refractivity contribution in [2.45, 2.75) is 6.42 Å². The van der Waals surface area contributed by atoms with E-state index in [1.165, 1.54) is 0 Å². The van der Waals surface area contributed by atoms with Crippen LogP contribution in [0.4, 0.5) is 14.5 Å². The van der Waals surface area contributed by atoms with Gasteiger partial charge in [0.05, 0.1) is 18.8 Å². The van der Waals surface area contributed by atoms with Gasteiger partial charge in [-0.3, -0.25) is 4.79 Å². The number of anilines is 1. The highest BCUT2D eigenvalue weighted by Crippen LogP contribution is 2.32. The number of fused-ring (bicyclic) bond motifs is 1. The zero-order valence-electron chi connectivity index (χ0n) is 13.6. The number of carbonyl (C=O) groups excluding carboxylic acids is 2. The second-order valence-corrected chi connectivity index (χ2v) is 5.46. The van der Waals surface area contributed by atoms with Crippen molar-refractivity contribution in [2.24, 2.45) is 0 Å². The van der Waals surface area contributed by atoms with Crippen LogP contribution in [0, 0.1) is 11.6 Å². The monoisotopic (exact) mass is 363 g/mol. The molecule has 136 valence electrons. The van der Waals surface area contributed by atoms with Gasteiger partial charge in [-0.25, -0.2) is 13.6 Å². The van der Waals surface area contributed by atoms with Gasteiger partial charge in [0, 0.05) is 24.2 Å². The first-order chi connectivity index (χ1) is 12.5. The lowest BCUT2D eigenvalue weighted by atomic mass is 10.2. The maximum atomic E-state index is 13.5. The van der Waals surface area contributed by atoms with Gasteiger partial charge in [0.25, 0.3) is 5.91 Å². The number of rotatable bonds is 4. The number of hydrogen-bond acceptors (Lipinski definition) is 5. The molecule has 2 aromatic carbocycles. The average Bonchev–Trinajstić information content (AvgIpc) is 2.84. The van der Waals surface area contributed by atoms with Crippen molar-refractivity contribution < 1.29 is 32.6 Å². The summed E-state index contributed by atoms with van der Waals surface area (Å²) in [6.07, 6.45) is 0.756. The quantitative estimate of drug-likeness (QED) is 0.846. The molecule has 0 atom stereocenters. The summed E-state index contributed by atoms with van der Waals surface area (Å²) in [4.78, 5) is 23.7.